The summed E-state index contributed by atoms with van der Waals surface area (Å²) in [5.41, 5.74) is 8.54. The van der Waals surface area contributed by atoms with Gasteiger partial charge in [-0.15, -0.1) is 0 Å². The molecule has 8 rings (SSSR count). The molecule has 4 aromatic carbocycles. The standard InChI is InChI=1S/C44H39N6O2.Pt/c1-43(2,3)28-23-38(49-27-45-34-19-11-7-15-30(34)32-17-9-13-21-36(32)49)47-40(25-28)52-41-26-29(44(4,5)6)24-39(48-41)50-37-22-14-10-18-33(37)31-16-8-12-20-35(31)46-42(50)51;/h7-26H,1-6H3,(H,46,51);/q-1;. The van der Waals surface area contributed by atoms with E-state index >= 15 is 0 Å². The minimum atomic E-state index is -0.279. The largest absolute Gasteiger partial charge is 0.480 e. The number of para-hydroxylation sites is 4. The van der Waals surface area contributed by atoms with E-state index in [1.165, 1.54) is 0 Å². The average molecular weight is 879 g/mol. The first-order valence-electron chi connectivity index (χ1n) is 17.4. The van der Waals surface area contributed by atoms with Gasteiger partial charge in [-0.05, 0) is 62.7 Å². The van der Waals surface area contributed by atoms with Crippen molar-refractivity contribution >= 4 is 46.7 Å². The fourth-order valence-electron chi connectivity index (χ4n) is 6.50. The molecule has 0 fully saturated rings. The van der Waals surface area contributed by atoms with Crippen LogP contribution in [0.4, 0.5) is 34.4 Å². The van der Waals surface area contributed by atoms with Crippen molar-refractivity contribution in [3.8, 4) is 34.0 Å². The Hall–Kier alpha value is -5.59. The molecule has 4 heterocycles. The number of nitrogens with zero attached hydrogens (tertiary/aromatic N) is 6. The molecule has 0 saturated heterocycles. The molecule has 6 aromatic rings. The summed E-state index contributed by atoms with van der Waals surface area (Å²) < 4.78 is 6.65. The van der Waals surface area contributed by atoms with Crippen molar-refractivity contribution in [3.05, 3.63) is 132 Å². The first-order valence-corrected chi connectivity index (χ1v) is 17.4. The smallest absolute Gasteiger partial charge is 0.300 e. The summed E-state index contributed by atoms with van der Waals surface area (Å²) in [6, 6.07) is 39.7. The maximum Gasteiger partial charge on any atom is 0.300 e. The Kier molecular flexibility index (Phi) is 9.29. The zero-order valence-corrected chi connectivity index (χ0v) is 32.7. The fourth-order valence-corrected chi connectivity index (χ4v) is 6.50. The Balaban J connectivity index is 0.00000435. The Morgan fingerprint density at radius 2 is 1.04 bits per heavy atom. The van der Waals surface area contributed by atoms with E-state index in [9.17, 15) is 5.11 Å². The van der Waals surface area contributed by atoms with E-state index < -0.39 is 0 Å². The summed E-state index contributed by atoms with van der Waals surface area (Å²) in [7, 11) is 0. The molecule has 0 bridgehead atoms. The van der Waals surface area contributed by atoms with Gasteiger partial charge in [0.2, 0.25) is 11.8 Å². The van der Waals surface area contributed by atoms with Crippen LogP contribution in [0.5, 0.6) is 11.8 Å². The van der Waals surface area contributed by atoms with Gasteiger partial charge in [0.1, 0.15) is 5.82 Å². The number of hydrogen-bond donors (Lipinski definition) is 1. The second kappa shape index (κ2) is 13.8. The molecule has 0 atom stereocenters. The molecule has 2 aromatic heterocycles. The molecule has 9 heteroatoms. The molecule has 0 aliphatic carbocycles. The fraction of sp³-hybridized carbons (Fsp3) is 0.182. The van der Waals surface area contributed by atoms with Crippen molar-refractivity contribution in [2.24, 2.45) is 9.98 Å². The summed E-state index contributed by atoms with van der Waals surface area (Å²) in [6.07, 6.45) is 3.27. The number of rotatable bonds is 4. The van der Waals surface area contributed by atoms with Crippen molar-refractivity contribution in [1.82, 2.24) is 9.97 Å². The SMILES string of the molecule is CC(C)(C)c1cc(Oc2cc(C(C)(C)C)cc(N3C(O)=Nc4ccccc4-c4ccccc43)n2)nc(N2[C-]=Nc3ccccc3-c3ccccc32)c1.[Pt]. The Morgan fingerprint density at radius 1 is 0.566 bits per heavy atom. The summed E-state index contributed by atoms with van der Waals surface area (Å²) in [4.78, 5) is 23.0. The van der Waals surface area contributed by atoms with E-state index in [4.69, 9.17) is 19.7 Å². The number of fused-ring (bicyclic) bond motifs is 6. The van der Waals surface area contributed by atoms with Crippen LogP contribution >= 0.6 is 0 Å². The van der Waals surface area contributed by atoms with Crippen LogP contribution in [0.1, 0.15) is 52.7 Å². The van der Waals surface area contributed by atoms with E-state index in [-0.39, 0.29) is 37.9 Å². The zero-order chi connectivity index (χ0) is 36.2. The Bertz CT molecular complexity index is 2410. The van der Waals surface area contributed by atoms with Crippen LogP contribution in [0.15, 0.2) is 131 Å². The molecular formula is C44H39N6O2Pt-. The number of aromatic nitrogens is 2. The van der Waals surface area contributed by atoms with Crippen LogP contribution in [0.3, 0.4) is 0 Å². The van der Waals surface area contributed by atoms with Gasteiger partial charge < -0.3 is 19.7 Å². The van der Waals surface area contributed by atoms with Crippen molar-refractivity contribution < 1.29 is 30.9 Å². The van der Waals surface area contributed by atoms with E-state index in [1.807, 2.05) is 102 Å². The van der Waals surface area contributed by atoms with Gasteiger partial charge in [-0.2, -0.15) is 9.98 Å². The van der Waals surface area contributed by atoms with Crippen molar-refractivity contribution in [3.63, 3.8) is 0 Å². The summed E-state index contributed by atoms with van der Waals surface area (Å²) >= 11 is 0. The number of hydrogen-bond acceptors (Lipinski definition) is 7. The molecule has 2 aliphatic heterocycles. The predicted molar refractivity (Wildman–Crippen MR) is 211 cm³/mol. The van der Waals surface area contributed by atoms with E-state index in [2.05, 4.69) is 77.1 Å². The Morgan fingerprint density at radius 3 is 1.66 bits per heavy atom. The third-order valence-corrected chi connectivity index (χ3v) is 9.35. The van der Waals surface area contributed by atoms with Crippen LogP contribution < -0.4 is 14.5 Å². The molecule has 0 spiro atoms. The number of aliphatic hydroxyl groups excluding tert-OH is 1. The number of aliphatic imine (C=N–C) groups is 2. The van der Waals surface area contributed by atoms with Gasteiger partial charge in [0.25, 0.3) is 0 Å². The molecule has 8 nitrogen and oxygen atoms in total. The number of pyridine rings is 2. The average Bonchev–Trinajstić information content (AvgIpc) is 3.36. The third kappa shape index (κ3) is 6.87. The van der Waals surface area contributed by atoms with Gasteiger partial charge in [-0.1, -0.05) is 133 Å². The van der Waals surface area contributed by atoms with Crippen molar-refractivity contribution in [2.75, 3.05) is 9.80 Å². The number of ether oxygens (including phenoxy) is 1. The maximum absolute atomic E-state index is 11.6. The zero-order valence-electron chi connectivity index (χ0n) is 30.4. The summed E-state index contributed by atoms with van der Waals surface area (Å²) in [6.45, 7) is 12.9. The van der Waals surface area contributed by atoms with E-state index in [1.54, 1.807) is 4.90 Å². The summed E-state index contributed by atoms with van der Waals surface area (Å²) in [5.74, 6) is 1.79. The molecule has 0 radical (unpaired) electrons. The van der Waals surface area contributed by atoms with E-state index in [0.29, 0.717) is 29.1 Å². The second-order valence-corrected chi connectivity index (χ2v) is 15.1. The quantitative estimate of drug-likeness (QED) is 0.178. The third-order valence-electron chi connectivity index (χ3n) is 9.35. The van der Waals surface area contributed by atoms with Crippen LogP contribution in [0.2, 0.25) is 0 Å². The molecule has 0 saturated carbocycles. The number of anilines is 4. The van der Waals surface area contributed by atoms with Gasteiger partial charge in [0.15, 0.2) is 0 Å². The van der Waals surface area contributed by atoms with Crippen molar-refractivity contribution in [2.45, 2.75) is 52.4 Å². The molecule has 0 amide bonds. The second-order valence-electron chi connectivity index (χ2n) is 15.1. The molecule has 53 heavy (non-hydrogen) atoms. The van der Waals surface area contributed by atoms with Gasteiger partial charge >= 0.3 is 6.02 Å². The minimum Gasteiger partial charge on any atom is -0.480 e. The minimum absolute atomic E-state index is 0. The van der Waals surface area contributed by atoms with Gasteiger partial charge in [-0.3, -0.25) is 0 Å². The molecule has 0 unspecified atom stereocenters. The number of benzene rings is 4. The van der Waals surface area contributed by atoms with Crippen LogP contribution in [0.25, 0.3) is 22.3 Å². The number of amidine groups is 1. The van der Waals surface area contributed by atoms with Gasteiger partial charge in [0, 0.05) is 50.7 Å². The molecule has 268 valence electrons. The van der Waals surface area contributed by atoms with Crippen LogP contribution in [0, 0.1) is 0 Å². The molecule has 2 aliphatic rings. The van der Waals surface area contributed by atoms with Gasteiger partial charge in [-0.25, -0.2) is 9.88 Å². The molecular weight excluding hydrogens is 840 g/mol. The van der Waals surface area contributed by atoms with E-state index in [0.717, 1.165) is 50.4 Å². The predicted octanol–water partition coefficient (Wildman–Crippen LogP) is 11.6. The first kappa shape index (κ1) is 35.8. The first-order chi connectivity index (χ1) is 24.9. The Labute approximate surface area is 324 Å². The van der Waals surface area contributed by atoms with Crippen LogP contribution in [-0.2, 0) is 31.9 Å². The van der Waals surface area contributed by atoms with Crippen LogP contribution in [-0.4, -0.2) is 27.4 Å². The van der Waals surface area contributed by atoms with Gasteiger partial charge in [0.05, 0.1) is 17.2 Å². The number of aliphatic hydroxyl groups is 1. The molecule has 1 N–H and O–H groups in total. The normalized spacial score (nSPS) is 13.4. The van der Waals surface area contributed by atoms with Crippen molar-refractivity contribution in [1.29, 1.82) is 0 Å². The monoisotopic (exact) mass is 878 g/mol. The maximum atomic E-state index is 11.6. The summed E-state index contributed by atoms with van der Waals surface area (Å²) in [5, 5.41) is 11.6. The topological polar surface area (TPSA) is 86.4 Å².